The summed E-state index contributed by atoms with van der Waals surface area (Å²) in [5.41, 5.74) is 4.12. The summed E-state index contributed by atoms with van der Waals surface area (Å²) in [6.45, 7) is 2.04. The second-order valence-corrected chi connectivity index (χ2v) is 10.1. The fourth-order valence-corrected chi connectivity index (χ4v) is 5.27. The number of methoxy groups -OCH3 is 1. The number of benzene rings is 3. The Labute approximate surface area is 243 Å². The highest BCUT2D eigenvalue weighted by Gasteiger charge is 2.42. The van der Waals surface area contributed by atoms with E-state index in [9.17, 15) is 4.79 Å². The van der Waals surface area contributed by atoms with E-state index in [2.05, 4.69) is 10.3 Å². The lowest BCUT2D eigenvalue weighted by Crippen LogP contribution is -2.29. The number of aryl methyl sites for hydroxylation is 1. The molecule has 0 saturated carbocycles. The summed E-state index contributed by atoms with van der Waals surface area (Å²) in [5, 5.41) is 4.01. The van der Waals surface area contributed by atoms with Crippen molar-refractivity contribution < 1.29 is 18.7 Å². The maximum absolute atomic E-state index is 12.1. The monoisotopic (exact) mass is 561 g/mol. The number of rotatable bonds is 7. The van der Waals surface area contributed by atoms with Crippen LogP contribution >= 0.6 is 12.2 Å². The van der Waals surface area contributed by atoms with Gasteiger partial charge < -0.3 is 24.1 Å². The number of furan rings is 1. The highest BCUT2D eigenvalue weighted by molar-refractivity contribution is 7.80. The molecule has 1 N–H and O–H groups in total. The number of hydrogen-bond donors (Lipinski definition) is 1. The van der Waals surface area contributed by atoms with Gasteiger partial charge in [-0.3, -0.25) is 4.98 Å². The standard InChI is InChI=1S/C33H27N3O4S/c1-21-9-13-25(14-10-21)39-26-15-11-24(12-16-26)36-31(30(35-33(36)41)27-8-3-4-19-34-27)29-18-17-28(40-29)22-6-5-7-23(20-22)32(37)38-2/h3-20,30-31H,1-2H3,(H,35,41)/t30-,31+/m0/s1. The van der Waals surface area contributed by atoms with E-state index in [1.807, 2.05) is 96.8 Å². The van der Waals surface area contributed by atoms with Crippen LogP contribution in [0.5, 0.6) is 11.5 Å². The largest absolute Gasteiger partial charge is 0.465 e. The zero-order chi connectivity index (χ0) is 28.3. The number of anilines is 1. The normalized spacial score (nSPS) is 16.3. The van der Waals surface area contributed by atoms with Crippen LogP contribution in [-0.2, 0) is 4.74 Å². The molecule has 0 amide bonds. The van der Waals surface area contributed by atoms with Crippen molar-refractivity contribution in [1.29, 1.82) is 0 Å². The van der Waals surface area contributed by atoms with Crippen molar-refractivity contribution in [1.82, 2.24) is 10.3 Å². The summed E-state index contributed by atoms with van der Waals surface area (Å²) in [7, 11) is 1.36. The van der Waals surface area contributed by atoms with Gasteiger partial charge in [-0.15, -0.1) is 0 Å². The summed E-state index contributed by atoms with van der Waals surface area (Å²) in [6.07, 6.45) is 1.77. The van der Waals surface area contributed by atoms with Crippen molar-refractivity contribution in [3.05, 3.63) is 132 Å². The summed E-state index contributed by atoms with van der Waals surface area (Å²) in [5.74, 6) is 2.42. The summed E-state index contributed by atoms with van der Waals surface area (Å²) in [4.78, 5) is 18.7. The zero-order valence-electron chi connectivity index (χ0n) is 22.5. The van der Waals surface area contributed by atoms with Gasteiger partial charge in [0.25, 0.3) is 0 Å². The summed E-state index contributed by atoms with van der Waals surface area (Å²) < 4.78 is 17.4. The SMILES string of the molecule is COC(=O)c1cccc(-c2ccc([C@@H]3[C@H](c4ccccn4)NC(=S)N3c3ccc(Oc4ccc(C)cc4)cc3)o2)c1. The van der Waals surface area contributed by atoms with Gasteiger partial charge in [-0.1, -0.05) is 35.9 Å². The Morgan fingerprint density at radius 3 is 2.39 bits per heavy atom. The van der Waals surface area contributed by atoms with E-state index >= 15 is 0 Å². The fourth-order valence-electron chi connectivity index (χ4n) is 4.92. The minimum Gasteiger partial charge on any atom is -0.465 e. The molecule has 8 heteroatoms. The average molecular weight is 562 g/mol. The number of nitrogens with one attached hydrogen (secondary N) is 1. The van der Waals surface area contributed by atoms with Crippen LogP contribution in [0.15, 0.2) is 114 Å². The third kappa shape index (κ3) is 5.42. The lowest BCUT2D eigenvalue weighted by molar-refractivity contribution is 0.0601. The first kappa shape index (κ1) is 26.3. The van der Waals surface area contributed by atoms with Crippen molar-refractivity contribution >= 4 is 29.0 Å². The number of pyridine rings is 1. The van der Waals surface area contributed by atoms with Crippen LogP contribution in [0.1, 0.15) is 39.5 Å². The van der Waals surface area contributed by atoms with Crippen molar-refractivity contribution in [2.24, 2.45) is 0 Å². The van der Waals surface area contributed by atoms with Crippen molar-refractivity contribution in [3.8, 4) is 22.8 Å². The molecular formula is C33H27N3O4S. The Balaban J connectivity index is 1.34. The maximum atomic E-state index is 12.1. The molecule has 3 aromatic carbocycles. The molecule has 1 aliphatic heterocycles. The quantitative estimate of drug-likeness (QED) is 0.163. The van der Waals surface area contributed by atoms with Gasteiger partial charge in [-0.05, 0) is 91.9 Å². The Morgan fingerprint density at radius 1 is 0.927 bits per heavy atom. The first-order chi connectivity index (χ1) is 20.0. The van der Waals surface area contributed by atoms with Crippen LogP contribution in [0.3, 0.4) is 0 Å². The van der Waals surface area contributed by atoms with Crippen LogP contribution in [0, 0.1) is 6.92 Å². The van der Waals surface area contributed by atoms with E-state index in [0.29, 0.717) is 22.2 Å². The Morgan fingerprint density at radius 2 is 1.68 bits per heavy atom. The highest BCUT2D eigenvalue weighted by Crippen LogP contribution is 2.43. The van der Waals surface area contributed by atoms with Crippen LogP contribution in [-0.4, -0.2) is 23.2 Å². The molecule has 41 heavy (non-hydrogen) atoms. The Bertz CT molecular complexity index is 1680. The number of ether oxygens (including phenoxy) is 2. The van der Waals surface area contributed by atoms with Gasteiger partial charge >= 0.3 is 5.97 Å². The number of thiocarbonyl (C=S) groups is 1. The molecule has 1 aliphatic rings. The lowest BCUT2D eigenvalue weighted by Gasteiger charge is -2.26. The molecule has 2 aromatic heterocycles. The second kappa shape index (κ2) is 11.3. The van der Waals surface area contributed by atoms with Crippen molar-refractivity contribution in [2.45, 2.75) is 19.0 Å². The smallest absolute Gasteiger partial charge is 0.337 e. The van der Waals surface area contributed by atoms with E-state index in [4.69, 9.17) is 26.1 Å². The molecular weight excluding hydrogens is 534 g/mol. The van der Waals surface area contributed by atoms with Gasteiger partial charge in [0.05, 0.1) is 24.4 Å². The molecule has 5 aromatic rings. The molecule has 0 radical (unpaired) electrons. The maximum Gasteiger partial charge on any atom is 0.337 e. The third-order valence-electron chi connectivity index (χ3n) is 6.96. The van der Waals surface area contributed by atoms with Gasteiger partial charge in [-0.2, -0.15) is 0 Å². The van der Waals surface area contributed by atoms with Crippen LogP contribution in [0.25, 0.3) is 11.3 Å². The Hall–Kier alpha value is -4.95. The molecule has 204 valence electrons. The topological polar surface area (TPSA) is 76.8 Å². The molecule has 0 bridgehead atoms. The van der Waals surface area contributed by atoms with Crippen molar-refractivity contribution in [3.63, 3.8) is 0 Å². The molecule has 1 saturated heterocycles. The lowest BCUT2D eigenvalue weighted by atomic mass is 10.0. The molecule has 1 fully saturated rings. The van der Waals surface area contributed by atoms with E-state index < -0.39 is 5.97 Å². The van der Waals surface area contributed by atoms with E-state index in [0.717, 1.165) is 28.4 Å². The molecule has 7 nitrogen and oxygen atoms in total. The predicted octanol–water partition coefficient (Wildman–Crippen LogP) is 7.41. The van der Waals surface area contributed by atoms with Crippen molar-refractivity contribution in [2.75, 3.05) is 12.0 Å². The molecule has 6 rings (SSSR count). The minimum atomic E-state index is -0.403. The third-order valence-corrected chi connectivity index (χ3v) is 7.27. The summed E-state index contributed by atoms with van der Waals surface area (Å²) >= 11 is 5.85. The minimum absolute atomic E-state index is 0.257. The highest BCUT2D eigenvalue weighted by atomic mass is 32.1. The molecule has 3 heterocycles. The number of carbonyl (C=O) groups is 1. The van der Waals surface area contributed by atoms with Gasteiger partial charge in [0.1, 0.15) is 29.1 Å². The van der Waals surface area contributed by atoms with E-state index in [-0.39, 0.29) is 12.1 Å². The summed E-state index contributed by atoms with van der Waals surface area (Å²) in [6, 6.07) is 32.0. The van der Waals surface area contributed by atoms with Gasteiger partial charge in [0.2, 0.25) is 0 Å². The zero-order valence-corrected chi connectivity index (χ0v) is 23.3. The van der Waals surface area contributed by atoms with Gasteiger partial charge in [-0.25, -0.2) is 4.79 Å². The number of nitrogens with zero attached hydrogens (tertiary/aromatic N) is 2. The van der Waals surface area contributed by atoms with Crippen LogP contribution in [0.4, 0.5) is 5.69 Å². The number of aromatic nitrogens is 1. The molecule has 0 aliphatic carbocycles. The average Bonchev–Trinajstić information content (AvgIpc) is 3.63. The fraction of sp³-hybridized carbons (Fsp3) is 0.121. The van der Waals surface area contributed by atoms with E-state index in [1.54, 1.807) is 24.4 Å². The predicted molar refractivity (Wildman–Crippen MR) is 161 cm³/mol. The number of hydrogen-bond acceptors (Lipinski definition) is 6. The molecule has 0 unspecified atom stereocenters. The second-order valence-electron chi connectivity index (χ2n) is 9.68. The van der Waals surface area contributed by atoms with Gasteiger partial charge in [0.15, 0.2) is 5.11 Å². The first-order valence-corrected chi connectivity index (χ1v) is 13.5. The molecule has 2 atom stereocenters. The first-order valence-electron chi connectivity index (χ1n) is 13.1. The van der Waals surface area contributed by atoms with E-state index in [1.165, 1.54) is 12.7 Å². The number of carbonyl (C=O) groups excluding carboxylic acids is 1. The molecule has 0 spiro atoms. The van der Waals surface area contributed by atoms with Gasteiger partial charge in [0, 0.05) is 17.4 Å². The van der Waals surface area contributed by atoms with Crippen LogP contribution in [0.2, 0.25) is 0 Å². The Kier molecular flexibility index (Phi) is 7.22. The van der Waals surface area contributed by atoms with Crippen LogP contribution < -0.4 is 15.0 Å². The number of esters is 1.